The highest BCUT2D eigenvalue weighted by atomic mass is 14.6. The zero-order valence-corrected chi connectivity index (χ0v) is 17.3. The molecule has 0 nitrogen and oxygen atoms in total. The van der Waals surface area contributed by atoms with Gasteiger partial charge in [-0.15, -0.1) is 0 Å². The Morgan fingerprint density at radius 2 is 1.10 bits per heavy atom. The molecule has 2 aliphatic rings. The van der Waals surface area contributed by atoms with Crippen molar-refractivity contribution < 1.29 is 0 Å². The van der Waals surface area contributed by atoms with Crippen molar-refractivity contribution in [2.45, 2.75) is 32.1 Å². The topological polar surface area (TPSA) is 0 Å². The maximum atomic E-state index is 2.51. The van der Waals surface area contributed by atoms with Crippen LogP contribution in [0, 0.1) is 23.7 Å². The molecule has 2 fully saturated rings. The maximum absolute atomic E-state index is 2.51. The smallest absolute Gasteiger partial charge is 0.00469 e. The Labute approximate surface area is 173 Å². The second-order valence-corrected chi connectivity index (χ2v) is 9.48. The van der Waals surface area contributed by atoms with Crippen LogP contribution in [0.25, 0.3) is 21.5 Å². The SMILES string of the molecule is CC1C(C)[C@@H]2C[C@H]1[C@@H](c1ccccc1)[C@H]2c1c2ccccc2cc2ccccc12. The Morgan fingerprint density at radius 3 is 1.72 bits per heavy atom. The summed E-state index contributed by atoms with van der Waals surface area (Å²) < 4.78 is 0. The van der Waals surface area contributed by atoms with Gasteiger partial charge in [-0.25, -0.2) is 0 Å². The van der Waals surface area contributed by atoms with Crippen molar-refractivity contribution in [2.24, 2.45) is 23.7 Å². The average Bonchev–Trinajstić information content (AvgIpc) is 3.29. The lowest BCUT2D eigenvalue weighted by Gasteiger charge is -2.40. The molecule has 4 aromatic carbocycles. The van der Waals surface area contributed by atoms with E-state index in [4.69, 9.17) is 0 Å². The highest BCUT2D eigenvalue weighted by molar-refractivity contribution is 6.03. The van der Waals surface area contributed by atoms with Gasteiger partial charge in [-0.1, -0.05) is 92.7 Å². The minimum absolute atomic E-state index is 0.601. The molecule has 0 radical (unpaired) electrons. The Kier molecular flexibility index (Phi) is 3.85. The van der Waals surface area contributed by atoms with Gasteiger partial charge in [0.15, 0.2) is 0 Å². The molecule has 2 bridgehead atoms. The lowest BCUT2D eigenvalue weighted by molar-refractivity contribution is 0.206. The van der Waals surface area contributed by atoms with Crippen LogP contribution >= 0.6 is 0 Å². The highest BCUT2D eigenvalue weighted by Gasteiger charge is 2.55. The fourth-order valence-electron chi connectivity index (χ4n) is 6.93. The van der Waals surface area contributed by atoms with Crippen LogP contribution in [-0.2, 0) is 0 Å². The van der Waals surface area contributed by atoms with E-state index in [1.807, 2.05) is 0 Å². The molecular formula is C29H28. The maximum Gasteiger partial charge on any atom is -0.00469 e. The van der Waals surface area contributed by atoms with Crippen LogP contribution in [0.4, 0.5) is 0 Å². The molecule has 2 saturated carbocycles. The zero-order valence-electron chi connectivity index (χ0n) is 17.3. The van der Waals surface area contributed by atoms with E-state index in [1.165, 1.54) is 28.0 Å². The van der Waals surface area contributed by atoms with Crippen molar-refractivity contribution in [1.29, 1.82) is 0 Å². The Bertz CT molecular complexity index is 1130. The summed E-state index contributed by atoms with van der Waals surface area (Å²) in [5.41, 5.74) is 3.15. The van der Waals surface area contributed by atoms with E-state index in [-0.39, 0.29) is 0 Å². The van der Waals surface area contributed by atoms with E-state index in [2.05, 4.69) is 98.8 Å². The predicted octanol–water partition coefficient (Wildman–Crippen LogP) is 7.78. The molecule has 0 amide bonds. The largest absolute Gasteiger partial charge is 0.0622 e. The van der Waals surface area contributed by atoms with E-state index >= 15 is 0 Å². The molecule has 144 valence electrons. The Morgan fingerprint density at radius 1 is 0.586 bits per heavy atom. The number of hydrogen-bond donors (Lipinski definition) is 0. The first-order valence-corrected chi connectivity index (χ1v) is 11.2. The zero-order chi connectivity index (χ0) is 19.5. The molecule has 29 heavy (non-hydrogen) atoms. The second-order valence-electron chi connectivity index (χ2n) is 9.48. The third kappa shape index (κ3) is 2.45. The summed E-state index contributed by atoms with van der Waals surface area (Å²) in [6.07, 6.45) is 1.38. The van der Waals surface area contributed by atoms with Gasteiger partial charge < -0.3 is 0 Å². The van der Waals surface area contributed by atoms with Crippen LogP contribution in [0.3, 0.4) is 0 Å². The number of rotatable bonds is 2. The summed E-state index contributed by atoms with van der Waals surface area (Å²) in [6.45, 7) is 5.01. The van der Waals surface area contributed by atoms with E-state index in [9.17, 15) is 0 Å². The van der Waals surface area contributed by atoms with Crippen molar-refractivity contribution in [1.82, 2.24) is 0 Å². The van der Waals surface area contributed by atoms with Gasteiger partial charge in [0.2, 0.25) is 0 Å². The molecule has 0 aromatic heterocycles. The normalized spacial score (nSPS) is 31.0. The minimum atomic E-state index is 0.601. The van der Waals surface area contributed by atoms with Crippen molar-refractivity contribution >= 4 is 21.5 Å². The third-order valence-electron chi connectivity index (χ3n) is 8.36. The lowest BCUT2D eigenvalue weighted by atomic mass is 9.64. The fourth-order valence-corrected chi connectivity index (χ4v) is 6.93. The molecule has 2 aliphatic carbocycles. The number of fused-ring (bicyclic) bond motifs is 4. The van der Waals surface area contributed by atoms with Crippen LogP contribution in [0.2, 0.25) is 0 Å². The first-order chi connectivity index (χ1) is 14.2. The van der Waals surface area contributed by atoms with Crippen LogP contribution in [-0.4, -0.2) is 0 Å². The third-order valence-corrected chi connectivity index (χ3v) is 8.36. The highest BCUT2D eigenvalue weighted by Crippen LogP contribution is 2.66. The van der Waals surface area contributed by atoms with Gasteiger partial charge >= 0.3 is 0 Å². The van der Waals surface area contributed by atoms with E-state index in [1.54, 1.807) is 11.1 Å². The molecule has 0 spiro atoms. The van der Waals surface area contributed by atoms with E-state index < -0.39 is 0 Å². The summed E-state index contributed by atoms with van der Waals surface area (Å²) in [6, 6.07) is 31.9. The van der Waals surface area contributed by atoms with Gasteiger partial charge in [-0.3, -0.25) is 0 Å². The van der Waals surface area contributed by atoms with Crippen molar-refractivity contribution in [3.8, 4) is 0 Å². The molecule has 0 N–H and O–H groups in total. The first-order valence-electron chi connectivity index (χ1n) is 11.2. The average molecular weight is 377 g/mol. The minimum Gasteiger partial charge on any atom is -0.0622 e. The molecule has 0 aliphatic heterocycles. The summed E-state index contributed by atoms with van der Waals surface area (Å²) in [5.74, 6) is 4.39. The van der Waals surface area contributed by atoms with Gasteiger partial charge in [0.25, 0.3) is 0 Å². The van der Waals surface area contributed by atoms with Crippen molar-refractivity contribution in [3.63, 3.8) is 0 Å². The number of benzene rings is 4. The molecular weight excluding hydrogens is 348 g/mol. The van der Waals surface area contributed by atoms with Crippen LogP contribution in [0.1, 0.15) is 43.2 Å². The molecule has 4 aromatic rings. The fraction of sp³-hybridized carbons (Fsp3) is 0.310. The Balaban J connectivity index is 1.66. The van der Waals surface area contributed by atoms with Crippen LogP contribution in [0.15, 0.2) is 84.9 Å². The molecule has 0 heterocycles. The first kappa shape index (κ1) is 17.3. The van der Waals surface area contributed by atoms with Gasteiger partial charge in [-0.2, -0.15) is 0 Å². The summed E-state index contributed by atoms with van der Waals surface area (Å²) in [4.78, 5) is 0. The monoisotopic (exact) mass is 376 g/mol. The van der Waals surface area contributed by atoms with E-state index in [0.717, 1.165) is 23.7 Å². The van der Waals surface area contributed by atoms with Crippen LogP contribution in [0.5, 0.6) is 0 Å². The molecule has 0 saturated heterocycles. The predicted molar refractivity (Wildman–Crippen MR) is 123 cm³/mol. The van der Waals surface area contributed by atoms with Gasteiger partial charge in [0.1, 0.15) is 0 Å². The quantitative estimate of drug-likeness (QED) is 0.313. The number of hydrogen-bond acceptors (Lipinski definition) is 0. The van der Waals surface area contributed by atoms with Crippen molar-refractivity contribution in [3.05, 3.63) is 96.1 Å². The summed E-state index contributed by atoms with van der Waals surface area (Å²) in [7, 11) is 0. The Hall–Kier alpha value is -2.60. The molecule has 2 unspecified atom stereocenters. The van der Waals surface area contributed by atoms with Crippen LogP contribution < -0.4 is 0 Å². The molecule has 0 heteroatoms. The lowest BCUT2D eigenvalue weighted by Crippen LogP contribution is -2.30. The van der Waals surface area contributed by atoms with Gasteiger partial charge in [0.05, 0.1) is 0 Å². The second kappa shape index (κ2) is 6.46. The van der Waals surface area contributed by atoms with E-state index in [0.29, 0.717) is 11.8 Å². The summed E-state index contributed by atoms with van der Waals surface area (Å²) in [5, 5.41) is 5.70. The van der Waals surface area contributed by atoms with Gasteiger partial charge in [0, 0.05) is 0 Å². The summed E-state index contributed by atoms with van der Waals surface area (Å²) >= 11 is 0. The van der Waals surface area contributed by atoms with Crippen molar-refractivity contribution in [2.75, 3.05) is 0 Å². The molecule has 6 atom stereocenters. The molecule has 6 rings (SSSR count). The van der Waals surface area contributed by atoms with Gasteiger partial charge in [-0.05, 0) is 80.7 Å². The standard InChI is InChI=1S/C29H28/c1-18-19(2)26-17-25(18)27(20-10-4-3-5-11-20)29(26)28-23-14-8-6-12-21(23)16-22-13-7-9-15-24(22)28/h3-16,18-19,25-27,29H,17H2,1-2H3/t18?,19?,25-,26+,27-,29+/m1/s1.